The van der Waals surface area contributed by atoms with E-state index in [1.807, 2.05) is 24.3 Å². The van der Waals surface area contributed by atoms with Crippen molar-refractivity contribution in [3.63, 3.8) is 0 Å². The molecular formula is C26H37ClN4O3. The third-order valence-corrected chi connectivity index (χ3v) is 7.69. The fraction of sp³-hybridized carbons (Fsp3) is 0.615. The maximum Gasteiger partial charge on any atom is 0.224 e. The van der Waals surface area contributed by atoms with Crippen molar-refractivity contribution >= 4 is 29.1 Å². The van der Waals surface area contributed by atoms with Crippen molar-refractivity contribution < 1.29 is 14.3 Å². The van der Waals surface area contributed by atoms with E-state index in [1.165, 1.54) is 0 Å². The van der Waals surface area contributed by atoms with E-state index < -0.39 is 5.92 Å². The Bertz CT molecular complexity index is 887. The van der Waals surface area contributed by atoms with E-state index in [2.05, 4.69) is 34.2 Å². The molecular weight excluding hydrogens is 452 g/mol. The highest BCUT2D eigenvalue weighted by Crippen LogP contribution is 2.47. The molecule has 1 aromatic rings. The molecule has 34 heavy (non-hydrogen) atoms. The summed E-state index contributed by atoms with van der Waals surface area (Å²) in [6.45, 7) is 7.73. The van der Waals surface area contributed by atoms with Crippen LogP contribution < -0.4 is 16.0 Å². The van der Waals surface area contributed by atoms with Crippen molar-refractivity contribution in [3.05, 3.63) is 41.4 Å². The number of carbonyl (C=O) groups excluding carboxylic acids is 2. The van der Waals surface area contributed by atoms with Gasteiger partial charge in [-0.15, -0.1) is 0 Å². The number of nitrogens with two attached hydrogens (primary N) is 1. The predicted molar refractivity (Wildman–Crippen MR) is 135 cm³/mol. The first-order chi connectivity index (χ1) is 16.5. The maximum atomic E-state index is 13.1. The second-order valence-electron chi connectivity index (χ2n) is 9.76. The van der Waals surface area contributed by atoms with Crippen LogP contribution in [0, 0.1) is 23.7 Å². The number of nitrogens with zero attached hydrogens (tertiary/aromatic N) is 2. The van der Waals surface area contributed by atoms with E-state index in [9.17, 15) is 9.59 Å². The summed E-state index contributed by atoms with van der Waals surface area (Å²) in [5.74, 6) is -0.980. The van der Waals surface area contributed by atoms with Gasteiger partial charge in [0.15, 0.2) is 0 Å². The first-order valence-electron chi connectivity index (χ1n) is 12.6. The van der Waals surface area contributed by atoms with Gasteiger partial charge in [0.05, 0.1) is 17.9 Å². The Hall–Kier alpha value is -2.09. The average Bonchev–Trinajstić information content (AvgIpc) is 3.45. The number of piperazine rings is 1. The molecule has 186 valence electrons. The second-order valence-corrected chi connectivity index (χ2v) is 10.2. The Morgan fingerprint density at radius 2 is 1.91 bits per heavy atom. The lowest BCUT2D eigenvalue weighted by Crippen LogP contribution is -2.51. The molecule has 3 N–H and O–H groups in total. The summed E-state index contributed by atoms with van der Waals surface area (Å²) in [5, 5.41) is 3.85. The number of rotatable bonds is 11. The molecule has 3 aliphatic rings. The van der Waals surface area contributed by atoms with Crippen LogP contribution in [0.5, 0.6) is 0 Å². The quantitative estimate of drug-likeness (QED) is 0.369. The van der Waals surface area contributed by atoms with E-state index in [-0.39, 0.29) is 35.7 Å². The van der Waals surface area contributed by atoms with Crippen LogP contribution in [-0.4, -0.2) is 68.7 Å². The number of benzene rings is 1. The minimum atomic E-state index is -0.394. The summed E-state index contributed by atoms with van der Waals surface area (Å²) in [5.41, 5.74) is 6.79. The summed E-state index contributed by atoms with van der Waals surface area (Å²) in [6.07, 6.45) is 6.93. The van der Waals surface area contributed by atoms with Crippen molar-refractivity contribution in [3.8, 4) is 0 Å². The molecule has 2 bridgehead atoms. The Morgan fingerprint density at radius 1 is 1.18 bits per heavy atom. The lowest BCUT2D eigenvalue weighted by Gasteiger charge is -2.37. The van der Waals surface area contributed by atoms with E-state index in [4.69, 9.17) is 22.1 Å². The number of hydrogen-bond acceptors (Lipinski definition) is 5. The third kappa shape index (κ3) is 5.93. The van der Waals surface area contributed by atoms with Gasteiger partial charge < -0.3 is 20.7 Å². The number of hydrogen-bond donors (Lipinski definition) is 2. The first kappa shape index (κ1) is 25.0. The number of ether oxygens (including phenoxy) is 1. The summed E-state index contributed by atoms with van der Waals surface area (Å²) < 4.78 is 6.17. The number of unbranched alkanes of at least 4 members (excludes halogenated alkanes) is 1. The molecule has 7 nitrogen and oxygen atoms in total. The second kappa shape index (κ2) is 11.6. The van der Waals surface area contributed by atoms with Gasteiger partial charge in [-0.25, -0.2) is 0 Å². The van der Waals surface area contributed by atoms with Crippen LogP contribution >= 0.6 is 11.6 Å². The molecule has 0 spiro atoms. The zero-order chi connectivity index (χ0) is 24.1. The van der Waals surface area contributed by atoms with Crippen molar-refractivity contribution in [1.29, 1.82) is 0 Å². The third-order valence-electron chi connectivity index (χ3n) is 7.45. The summed E-state index contributed by atoms with van der Waals surface area (Å²) in [4.78, 5) is 29.8. The number of allylic oxidation sites excluding steroid dienone is 2. The molecule has 1 aliphatic heterocycles. The van der Waals surface area contributed by atoms with Crippen LogP contribution in [0.3, 0.4) is 0 Å². The van der Waals surface area contributed by atoms with Gasteiger partial charge in [-0.1, -0.05) is 43.2 Å². The summed E-state index contributed by atoms with van der Waals surface area (Å²) >= 11 is 6.16. The van der Waals surface area contributed by atoms with Crippen molar-refractivity contribution in [2.75, 3.05) is 50.8 Å². The summed E-state index contributed by atoms with van der Waals surface area (Å²) in [6, 6.07) is 7.98. The lowest BCUT2D eigenvalue weighted by atomic mass is 9.82. The molecule has 2 fully saturated rings. The van der Waals surface area contributed by atoms with Gasteiger partial charge in [-0.05, 0) is 42.9 Å². The molecule has 1 saturated carbocycles. The molecule has 2 aliphatic carbocycles. The largest absolute Gasteiger partial charge is 0.375 e. The van der Waals surface area contributed by atoms with Gasteiger partial charge in [0.1, 0.15) is 0 Å². The topological polar surface area (TPSA) is 87.9 Å². The highest BCUT2D eigenvalue weighted by Gasteiger charge is 2.50. The SMILES string of the molecule is CCCCOC(CNC(=O)C1C(C(N)=O)[C@@H]2C=C[C@H]1C2)CN1CCN(c2cccc(Cl)c2)CC1. The maximum absolute atomic E-state index is 13.1. The fourth-order valence-corrected chi connectivity index (χ4v) is 5.80. The molecule has 1 saturated heterocycles. The van der Waals surface area contributed by atoms with E-state index in [1.54, 1.807) is 0 Å². The Balaban J connectivity index is 1.30. The van der Waals surface area contributed by atoms with E-state index >= 15 is 0 Å². The molecule has 0 aromatic heterocycles. The van der Waals surface area contributed by atoms with Crippen LogP contribution in [0.15, 0.2) is 36.4 Å². The summed E-state index contributed by atoms with van der Waals surface area (Å²) in [7, 11) is 0. The monoisotopic (exact) mass is 488 g/mol. The van der Waals surface area contributed by atoms with Crippen molar-refractivity contribution in [2.45, 2.75) is 32.3 Å². The van der Waals surface area contributed by atoms with Gasteiger partial charge in [0.25, 0.3) is 0 Å². The molecule has 4 rings (SSSR count). The number of nitrogens with one attached hydrogen (secondary N) is 1. The number of primary amides is 1. The van der Waals surface area contributed by atoms with Crippen molar-refractivity contribution in [1.82, 2.24) is 10.2 Å². The standard InChI is InChI=1S/C26H37ClN4O3/c1-2-3-13-34-22(16-29-26(33)24-19-8-7-18(14-19)23(24)25(28)32)17-30-9-11-31(12-10-30)21-6-4-5-20(27)15-21/h4-8,15,18-19,22-24H,2-3,9-14,16-17H2,1H3,(H2,28,32)(H,29,33)/t18-,19+,22?,23?,24?/m1/s1. The minimum Gasteiger partial charge on any atom is -0.375 e. The lowest BCUT2D eigenvalue weighted by molar-refractivity contribution is -0.134. The highest BCUT2D eigenvalue weighted by atomic mass is 35.5. The van der Waals surface area contributed by atoms with E-state index in [0.717, 1.165) is 62.7 Å². The number of fused-ring (bicyclic) bond motifs is 2. The fourth-order valence-electron chi connectivity index (χ4n) is 5.62. The van der Waals surface area contributed by atoms with Gasteiger partial charge in [-0.3, -0.25) is 14.5 Å². The van der Waals surface area contributed by atoms with E-state index in [0.29, 0.717) is 13.2 Å². The number of halogens is 1. The first-order valence-corrected chi connectivity index (χ1v) is 12.9. The highest BCUT2D eigenvalue weighted by molar-refractivity contribution is 6.30. The van der Waals surface area contributed by atoms with Crippen LogP contribution in [0.2, 0.25) is 5.02 Å². The molecule has 1 aromatic carbocycles. The zero-order valence-corrected chi connectivity index (χ0v) is 20.8. The van der Waals surface area contributed by atoms with Gasteiger partial charge in [0, 0.05) is 56.6 Å². The minimum absolute atomic E-state index is 0.0736. The Morgan fingerprint density at radius 3 is 2.59 bits per heavy atom. The van der Waals surface area contributed by atoms with Crippen LogP contribution in [0.25, 0.3) is 0 Å². The molecule has 0 radical (unpaired) electrons. The number of anilines is 1. The van der Waals surface area contributed by atoms with Gasteiger partial charge in [0.2, 0.25) is 11.8 Å². The Kier molecular flexibility index (Phi) is 8.51. The van der Waals surface area contributed by atoms with Crippen LogP contribution in [0.4, 0.5) is 5.69 Å². The normalized spacial score (nSPS) is 27.2. The van der Waals surface area contributed by atoms with Crippen LogP contribution in [-0.2, 0) is 14.3 Å². The molecule has 1 heterocycles. The zero-order valence-electron chi connectivity index (χ0n) is 20.0. The number of amides is 2. The van der Waals surface area contributed by atoms with Gasteiger partial charge >= 0.3 is 0 Å². The number of carbonyl (C=O) groups is 2. The van der Waals surface area contributed by atoms with Crippen molar-refractivity contribution in [2.24, 2.45) is 29.4 Å². The molecule has 8 heteroatoms. The van der Waals surface area contributed by atoms with Gasteiger partial charge in [-0.2, -0.15) is 0 Å². The smallest absolute Gasteiger partial charge is 0.224 e. The molecule has 5 atom stereocenters. The van der Waals surface area contributed by atoms with Crippen LogP contribution in [0.1, 0.15) is 26.2 Å². The molecule has 2 amide bonds. The predicted octanol–water partition coefficient (Wildman–Crippen LogP) is 2.69. The Labute approximate surface area is 207 Å². The molecule has 3 unspecified atom stereocenters. The average molecular weight is 489 g/mol.